The Morgan fingerprint density at radius 1 is 0.662 bits per heavy atom. The van der Waals surface area contributed by atoms with Crippen molar-refractivity contribution in [1.82, 2.24) is 24.7 Å². The molecule has 5 aromatic rings. The number of nitrogens with zero attached hydrogens (tertiary/aromatic N) is 7. The van der Waals surface area contributed by atoms with Crippen LogP contribution in [0.2, 0.25) is 5.02 Å². The van der Waals surface area contributed by atoms with Gasteiger partial charge < -0.3 is 19.3 Å². The predicted molar refractivity (Wildman–Crippen MR) is 254 cm³/mol. The van der Waals surface area contributed by atoms with E-state index in [-0.39, 0.29) is 30.0 Å². The van der Waals surface area contributed by atoms with Gasteiger partial charge in [0.1, 0.15) is 34.9 Å². The summed E-state index contributed by atoms with van der Waals surface area (Å²) in [6.07, 6.45) is 3.96. The molecule has 2 aliphatic heterocycles. The van der Waals surface area contributed by atoms with E-state index in [2.05, 4.69) is 65.7 Å². The van der Waals surface area contributed by atoms with Crippen molar-refractivity contribution in [2.45, 2.75) is 73.0 Å². The fraction of sp³-hybridized carbons (Fsp3) is 0.392. The van der Waals surface area contributed by atoms with E-state index in [1.54, 1.807) is 48.8 Å². The SMILES string of the molecule is CC(C)OC(=O)c1cccnc1N1CCN(Cc2ccc(C=O)cc2)CC1.CCN(Cc1ccc(CN2CCN(c3ncccc3C(=O)OC(C)C)CC2)cc1)Cc1c(F)cccc1Cl. The van der Waals surface area contributed by atoms with Crippen molar-refractivity contribution in [2.75, 3.05) is 68.7 Å². The normalized spacial score (nSPS) is 14.6. The molecule has 0 bridgehead atoms. The lowest BCUT2D eigenvalue weighted by Crippen LogP contribution is -2.46. The Morgan fingerprint density at radius 2 is 1.12 bits per heavy atom. The number of benzene rings is 3. The van der Waals surface area contributed by atoms with Crippen LogP contribution in [0, 0.1) is 5.82 Å². The fourth-order valence-electron chi connectivity index (χ4n) is 7.82. The molecule has 0 amide bonds. The Balaban J connectivity index is 0.000000228. The van der Waals surface area contributed by atoms with Gasteiger partial charge in [-0.2, -0.15) is 0 Å². The molecule has 12 nitrogen and oxygen atoms in total. The monoisotopic (exact) mass is 905 g/mol. The van der Waals surface area contributed by atoms with Crippen LogP contribution in [0.15, 0.2) is 103 Å². The zero-order valence-corrected chi connectivity index (χ0v) is 38.9. The molecular formula is C51H61ClFN7O5. The maximum absolute atomic E-state index is 14.2. The Kier molecular flexibility index (Phi) is 18.0. The second-order valence-electron chi connectivity index (χ2n) is 16.9. The highest BCUT2D eigenvalue weighted by atomic mass is 35.5. The van der Waals surface area contributed by atoms with Gasteiger partial charge in [-0.15, -0.1) is 0 Å². The summed E-state index contributed by atoms with van der Waals surface area (Å²) in [5.41, 5.74) is 5.90. The molecule has 65 heavy (non-hydrogen) atoms. The van der Waals surface area contributed by atoms with Crippen LogP contribution in [-0.2, 0) is 35.7 Å². The summed E-state index contributed by atoms with van der Waals surface area (Å²) in [7, 11) is 0. The zero-order chi connectivity index (χ0) is 46.3. The summed E-state index contributed by atoms with van der Waals surface area (Å²) in [5.74, 6) is 0.466. The van der Waals surface area contributed by atoms with Crippen molar-refractivity contribution in [3.63, 3.8) is 0 Å². The third-order valence-electron chi connectivity index (χ3n) is 11.3. The molecule has 0 aliphatic carbocycles. The Labute approximate surface area is 387 Å². The number of esters is 2. The number of aromatic nitrogens is 2. The van der Waals surface area contributed by atoms with Gasteiger partial charge in [-0.1, -0.05) is 73.1 Å². The van der Waals surface area contributed by atoms with E-state index in [1.165, 1.54) is 22.8 Å². The molecule has 0 atom stereocenters. The van der Waals surface area contributed by atoms with E-state index in [9.17, 15) is 18.8 Å². The molecule has 0 N–H and O–H groups in total. The third-order valence-corrected chi connectivity index (χ3v) is 11.6. The number of carbonyl (C=O) groups is 3. The molecular weight excluding hydrogens is 845 g/mol. The highest BCUT2D eigenvalue weighted by molar-refractivity contribution is 6.31. The van der Waals surface area contributed by atoms with Crippen molar-refractivity contribution in [1.29, 1.82) is 0 Å². The lowest BCUT2D eigenvalue weighted by atomic mass is 10.1. The minimum Gasteiger partial charge on any atom is -0.459 e. The molecule has 0 saturated carbocycles. The Morgan fingerprint density at radius 3 is 1.55 bits per heavy atom. The van der Waals surface area contributed by atoms with Crippen LogP contribution in [0.5, 0.6) is 0 Å². The van der Waals surface area contributed by atoms with Crippen LogP contribution in [0.3, 0.4) is 0 Å². The van der Waals surface area contributed by atoms with Crippen LogP contribution in [-0.4, -0.2) is 114 Å². The molecule has 7 rings (SSSR count). The van der Waals surface area contributed by atoms with Gasteiger partial charge in [-0.05, 0) is 87.3 Å². The van der Waals surface area contributed by atoms with E-state index < -0.39 is 0 Å². The van der Waals surface area contributed by atoms with Crippen LogP contribution < -0.4 is 9.80 Å². The van der Waals surface area contributed by atoms with Crippen LogP contribution in [0.4, 0.5) is 16.0 Å². The van der Waals surface area contributed by atoms with Gasteiger partial charge in [0.05, 0.1) is 12.2 Å². The van der Waals surface area contributed by atoms with Gasteiger partial charge >= 0.3 is 11.9 Å². The van der Waals surface area contributed by atoms with Gasteiger partial charge in [0.2, 0.25) is 0 Å². The standard InChI is InChI=1S/C30H36ClFN4O2.C21H25N3O3/c1-4-34(21-26-27(31)8-5-9-28(26)32)19-23-10-12-24(13-11-23)20-35-15-17-36(18-16-35)29-25(7-6-14-33-29)30(37)38-22(2)3;1-16(2)27-21(26)19-4-3-9-22-20(19)24-12-10-23(11-13-24)14-17-5-7-18(15-25)8-6-17/h5-14,22H,4,15-21H2,1-3H3;3-9,15-16H,10-14H2,1-2H3. The number of aldehydes is 1. The lowest BCUT2D eigenvalue weighted by Gasteiger charge is -2.36. The summed E-state index contributed by atoms with van der Waals surface area (Å²) in [6, 6.07) is 28.2. The third kappa shape index (κ3) is 14.1. The molecule has 3 aromatic carbocycles. The summed E-state index contributed by atoms with van der Waals surface area (Å²) >= 11 is 6.23. The number of carbonyl (C=O) groups excluding carboxylic acids is 3. The summed E-state index contributed by atoms with van der Waals surface area (Å²) < 4.78 is 25.0. The van der Waals surface area contributed by atoms with Gasteiger partial charge in [-0.3, -0.25) is 19.5 Å². The largest absolute Gasteiger partial charge is 0.459 e. The molecule has 344 valence electrons. The average Bonchev–Trinajstić information content (AvgIpc) is 3.31. The number of anilines is 2. The van der Waals surface area contributed by atoms with Crippen molar-refractivity contribution < 1.29 is 28.2 Å². The number of piperazine rings is 2. The smallest absolute Gasteiger partial charge is 0.342 e. The quantitative estimate of drug-likeness (QED) is 0.0699. The van der Waals surface area contributed by atoms with Crippen molar-refractivity contribution >= 4 is 41.5 Å². The average molecular weight is 907 g/mol. The molecule has 4 heterocycles. The molecule has 2 aromatic heterocycles. The lowest BCUT2D eigenvalue weighted by molar-refractivity contribution is 0.0367. The number of ether oxygens (including phenoxy) is 2. The number of rotatable bonds is 16. The Bertz CT molecular complexity index is 2300. The van der Waals surface area contributed by atoms with E-state index in [0.29, 0.717) is 45.5 Å². The summed E-state index contributed by atoms with van der Waals surface area (Å²) in [5, 5.41) is 0.466. The number of halogens is 2. The molecule has 0 spiro atoms. The van der Waals surface area contributed by atoms with Crippen molar-refractivity contribution in [3.8, 4) is 0 Å². The summed E-state index contributed by atoms with van der Waals surface area (Å²) in [6.45, 7) is 19.9. The van der Waals surface area contributed by atoms with Crippen LogP contribution >= 0.6 is 11.6 Å². The van der Waals surface area contributed by atoms with Crippen LogP contribution in [0.1, 0.15) is 87.9 Å². The van der Waals surface area contributed by atoms with Crippen molar-refractivity contribution in [2.24, 2.45) is 0 Å². The molecule has 14 heteroatoms. The zero-order valence-electron chi connectivity index (χ0n) is 38.2. The molecule has 0 unspecified atom stereocenters. The van der Waals surface area contributed by atoms with Crippen LogP contribution in [0.25, 0.3) is 0 Å². The molecule has 2 aliphatic rings. The second kappa shape index (κ2) is 24.0. The number of hydrogen-bond donors (Lipinski definition) is 0. The topological polar surface area (TPSA) is 112 Å². The highest BCUT2D eigenvalue weighted by Gasteiger charge is 2.25. The maximum atomic E-state index is 14.2. The first-order chi connectivity index (χ1) is 31.4. The number of pyridine rings is 2. The fourth-order valence-corrected chi connectivity index (χ4v) is 8.04. The van der Waals surface area contributed by atoms with E-state index in [0.717, 1.165) is 84.8 Å². The van der Waals surface area contributed by atoms with E-state index in [1.807, 2.05) is 52.0 Å². The summed E-state index contributed by atoms with van der Waals surface area (Å²) in [4.78, 5) is 55.8. The minimum absolute atomic E-state index is 0.159. The maximum Gasteiger partial charge on any atom is 0.342 e. The molecule has 0 radical (unpaired) electrons. The first-order valence-corrected chi connectivity index (χ1v) is 22.8. The highest BCUT2D eigenvalue weighted by Crippen LogP contribution is 2.25. The first kappa shape index (κ1) is 48.7. The van der Waals surface area contributed by atoms with Crippen molar-refractivity contribution in [3.05, 3.63) is 153 Å². The van der Waals surface area contributed by atoms with Gasteiger partial charge in [0.25, 0.3) is 0 Å². The van der Waals surface area contributed by atoms with E-state index >= 15 is 0 Å². The molecule has 2 fully saturated rings. The number of hydrogen-bond acceptors (Lipinski definition) is 12. The minimum atomic E-state index is -0.329. The molecule has 2 saturated heterocycles. The van der Waals surface area contributed by atoms with Gasteiger partial charge in [0.15, 0.2) is 0 Å². The second-order valence-corrected chi connectivity index (χ2v) is 17.3. The van der Waals surface area contributed by atoms with E-state index in [4.69, 9.17) is 21.1 Å². The van der Waals surface area contributed by atoms with Gasteiger partial charge in [-0.25, -0.2) is 23.9 Å². The van der Waals surface area contributed by atoms with Gasteiger partial charge in [0, 0.05) is 107 Å². The predicted octanol–water partition coefficient (Wildman–Crippen LogP) is 8.57. The first-order valence-electron chi connectivity index (χ1n) is 22.4. The Hall–Kier alpha value is -5.73.